The van der Waals surface area contributed by atoms with E-state index < -0.39 is 0 Å². The minimum absolute atomic E-state index is 0.00296. The molecule has 120 valence electrons. The average Bonchev–Trinajstić information content (AvgIpc) is 2.40. The molecule has 3 aliphatic heterocycles. The summed E-state index contributed by atoms with van der Waals surface area (Å²) in [6, 6.07) is 0. The Morgan fingerprint density at radius 2 is 1.09 bits per heavy atom. The molecular weight excluding hydrogens is 280 g/mol. The Kier molecular flexibility index (Phi) is 2.90. The predicted octanol–water partition coefficient (Wildman–Crippen LogP) is 0.788. The van der Waals surface area contributed by atoms with E-state index in [-0.39, 0.29) is 22.9 Å². The highest BCUT2D eigenvalue weighted by atomic mass is 16.2. The van der Waals surface area contributed by atoms with Crippen molar-refractivity contribution in [1.29, 1.82) is 0 Å². The molecule has 0 aromatic heterocycles. The van der Waals surface area contributed by atoms with Gasteiger partial charge in [0.15, 0.2) is 0 Å². The molecule has 22 heavy (non-hydrogen) atoms. The monoisotopic (exact) mass is 304 g/mol. The number of amides is 2. The van der Waals surface area contributed by atoms with Gasteiger partial charge in [0.1, 0.15) is 11.4 Å². The molecule has 0 unspecified atom stereocenters. The third-order valence-electron chi connectivity index (χ3n) is 4.71. The van der Waals surface area contributed by atoms with E-state index in [2.05, 4.69) is 27.7 Å². The van der Waals surface area contributed by atoms with Crippen molar-refractivity contribution in [2.75, 3.05) is 27.2 Å². The van der Waals surface area contributed by atoms with Crippen molar-refractivity contribution < 1.29 is 9.59 Å². The second kappa shape index (κ2) is 4.27. The van der Waals surface area contributed by atoms with Gasteiger partial charge in [-0.1, -0.05) is 0 Å². The summed E-state index contributed by atoms with van der Waals surface area (Å²) in [5.41, 5.74) is 0.781. The molecule has 0 aromatic carbocycles. The first-order valence-electron chi connectivity index (χ1n) is 7.58. The summed E-state index contributed by atoms with van der Waals surface area (Å²) in [4.78, 5) is 32.5. The van der Waals surface area contributed by atoms with Gasteiger partial charge in [0, 0.05) is 39.6 Å². The lowest BCUT2D eigenvalue weighted by Gasteiger charge is -2.53. The van der Waals surface area contributed by atoms with Crippen LogP contribution >= 0.6 is 0 Å². The van der Waals surface area contributed by atoms with Gasteiger partial charge in [-0.05, 0) is 27.7 Å². The van der Waals surface area contributed by atoms with Crippen LogP contribution in [0.2, 0.25) is 0 Å². The largest absolute Gasteiger partial charge is 0.338 e. The van der Waals surface area contributed by atoms with Gasteiger partial charge in [0.25, 0.3) is 11.8 Å². The van der Waals surface area contributed by atoms with Crippen LogP contribution in [0.3, 0.4) is 0 Å². The summed E-state index contributed by atoms with van der Waals surface area (Å²) >= 11 is 0. The molecular formula is C16H24N4O2. The quantitative estimate of drug-likeness (QED) is 0.664. The minimum Gasteiger partial charge on any atom is -0.338 e. The van der Waals surface area contributed by atoms with Crippen LogP contribution in [-0.4, -0.2) is 69.7 Å². The van der Waals surface area contributed by atoms with Gasteiger partial charge in [0.05, 0.1) is 11.1 Å². The maximum atomic E-state index is 12.5. The third-order valence-corrected chi connectivity index (χ3v) is 4.71. The van der Waals surface area contributed by atoms with Crippen LogP contribution in [0.5, 0.6) is 0 Å². The molecule has 3 heterocycles. The molecule has 2 fully saturated rings. The van der Waals surface area contributed by atoms with Gasteiger partial charge in [-0.15, -0.1) is 0 Å². The molecule has 6 nitrogen and oxygen atoms in total. The van der Waals surface area contributed by atoms with Crippen LogP contribution in [0.1, 0.15) is 27.7 Å². The zero-order valence-corrected chi connectivity index (χ0v) is 14.2. The number of piperazine rings is 2. The fraction of sp³-hybridized carbons (Fsp3) is 0.625. The Morgan fingerprint density at radius 1 is 0.773 bits per heavy atom. The Morgan fingerprint density at radius 3 is 1.41 bits per heavy atom. The number of hydrogen-bond donors (Lipinski definition) is 0. The SMILES string of the molecule is CN1CC(C)(C)N2C=C3C(=O)N(C)CC(C)(C)N3C=C2C1=O. The van der Waals surface area contributed by atoms with Gasteiger partial charge < -0.3 is 19.6 Å². The molecule has 2 amide bonds. The van der Waals surface area contributed by atoms with E-state index in [0.717, 1.165) is 0 Å². The second-order valence-electron chi connectivity index (χ2n) is 7.72. The van der Waals surface area contributed by atoms with E-state index in [9.17, 15) is 9.59 Å². The zero-order valence-electron chi connectivity index (χ0n) is 14.2. The fourth-order valence-corrected chi connectivity index (χ4v) is 3.67. The lowest BCUT2D eigenvalue weighted by atomic mass is 9.93. The Hall–Kier alpha value is -1.98. The van der Waals surface area contributed by atoms with E-state index in [4.69, 9.17) is 0 Å². The number of carbonyl (C=O) groups excluding carboxylic acids is 2. The highest BCUT2D eigenvalue weighted by Gasteiger charge is 2.47. The fourth-order valence-electron chi connectivity index (χ4n) is 3.67. The molecule has 0 saturated carbocycles. The Bertz CT molecular complexity index is 564. The summed E-state index contributed by atoms with van der Waals surface area (Å²) in [7, 11) is 3.64. The average molecular weight is 304 g/mol. The zero-order chi connectivity index (χ0) is 16.4. The van der Waals surface area contributed by atoms with Crippen LogP contribution in [0.15, 0.2) is 23.8 Å². The smallest absolute Gasteiger partial charge is 0.271 e. The molecule has 0 atom stereocenters. The van der Waals surface area contributed by atoms with Crippen LogP contribution < -0.4 is 0 Å². The molecule has 0 aliphatic carbocycles. The second-order valence-corrected chi connectivity index (χ2v) is 7.72. The van der Waals surface area contributed by atoms with E-state index >= 15 is 0 Å². The molecule has 2 saturated heterocycles. The summed E-state index contributed by atoms with van der Waals surface area (Å²) in [5.74, 6) is -0.00592. The summed E-state index contributed by atoms with van der Waals surface area (Å²) in [6.45, 7) is 9.58. The number of hydrogen-bond acceptors (Lipinski definition) is 4. The number of likely N-dealkylation sites (N-methyl/N-ethyl adjacent to an activating group) is 2. The van der Waals surface area contributed by atoms with Gasteiger partial charge >= 0.3 is 0 Å². The summed E-state index contributed by atoms with van der Waals surface area (Å²) in [5, 5.41) is 0. The van der Waals surface area contributed by atoms with Crippen molar-refractivity contribution in [3.63, 3.8) is 0 Å². The standard InChI is InChI=1S/C16H24N4O2/c1-15(2)9-17(5)13(21)11-8-20-12(7-19(11)15)14(22)18(6)10-16(20,3)4/h7-8H,9-10H2,1-6H3. The van der Waals surface area contributed by atoms with Crippen molar-refractivity contribution in [2.24, 2.45) is 0 Å². The number of carbonyl (C=O) groups is 2. The van der Waals surface area contributed by atoms with Gasteiger partial charge in [-0.3, -0.25) is 9.59 Å². The highest BCUT2D eigenvalue weighted by Crippen LogP contribution is 2.38. The lowest BCUT2D eigenvalue weighted by Crippen LogP contribution is -2.63. The van der Waals surface area contributed by atoms with Crippen molar-refractivity contribution in [3.05, 3.63) is 23.8 Å². The molecule has 0 bridgehead atoms. The Labute approximate surface area is 131 Å². The number of fused-ring (bicyclic) bond motifs is 2. The van der Waals surface area contributed by atoms with Crippen molar-refractivity contribution in [3.8, 4) is 0 Å². The Balaban J connectivity index is 2.12. The van der Waals surface area contributed by atoms with E-state index in [1.54, 1.807) is 9.80 Å². The normalized spacial score (nSPS) is 26.5. The van der Waals surface area contributed by atoms with Crippen LogP contribution in [0.25, 0.3) is 0 Å². The third kappa shape index (κ3) is 1.93. The molecule has 6 heteroatoms. The predicted molar refractivity (Wildman–Crippen MR) is 83.3 cm³/mol. The van der Waals surface area contributed by atoms with Gasteiger partial charge in [-0.2, -0.15) is 0 Å². The van der Waals surface area contributed by atoms with E-state index in [0.29, 0.717) is 24.5 Å². The van der Waals surface area contributed by atoms with E-state index in [1.165, 1.54) is 0 Å². The number of nitrogens with zero attached hydrogens (tertiary/aromatic N) is 4. The maximum absolute atomic E-state index is 12.5. The lowest BCUT2D eigenvalue weighted by molar-refractivity contribution is -0.136. The molecule has 3 rings (SSSR count). The van der Waals surface area contributed by atoms with Crippen LogP contribution in [-0.2, 0) is 9.59 Å². The van der Waals surface area contributed by atoms with Crippen molar-refractivity contribution >= 4 is 11.8 Å². The molecule has 3 aliphatic rings. The van der Waals surface area contributed by atoms with Gasteiger partial charge in [-0.25, -0.2) is 0 Å². The minimum atomic E-state index is -0.242. The van der Waals surface area contributed by atoms with Crippen LogP contribution in [0, 0.1) is 0 Å². The summed E-state index contributed by atoms with van der Waals surface area (Å²) in [6.07, 6.45) is 3.69. The van der Waals surface area contributed by atoms with Gasteiger partial charge in [0.2, 0.25) is 0 Å². The van der Waals surface area contributed by atoms with Crippen LogP contribution in [0.4, 0.5) is 0 Å². The first-order valence-corrected chi connectivity index (χ1v) is 7.58. The van der Waals surface area contributed by atoms with E-state index in [1.807, 2.05) is 36.3 Å². The first-order chi connectivity index (χ1) is 10.0. The van der Waals surface area contributed by atoms with Crippen molar-refractivity contribution in [1.82, 2.24) is 19.6 Å². The molecule has 0 radical (unpaired) electrons. The first kappa shape index (κ1) is 14.9. The number of rotatable bonds is 0. The topological polar surface area (TPSA) is 47.1 Å². The van der Waals surface area contributed by atoms with Crippen molar-refractivity contribution in [2.45, 2.75) is 38.8 Å². The molecule has 0 aromatic rings. The highest BCUT2D eigenvalue weighted by molar-refractivity contribution is 5.98. The maximum Gasteiger partial charge on any atom is 0.271 e. The summed E-state index contributed by atoms with van der Waals surface area (Å²) < 4.78 is 0. The molecule has 0 N–H and O–H groups in total. The molecule has 0 spiro atoms.